The summed E-state index contributed by atoms with van der Waals surface area (Å²) < 4.78 is 17.3. The molecule has 0 aliphatic carbocycles. The minimum Gasteiger partial charge on any atom is -0.340 e. The number of carbonyl (C=O) groups excluding carboxylic acids is 3. The molecular weight excluding hydrogens is 557 g/mol. The van der Waals surface area contributed by atoms with Crippen molar-refractivity contribution in [3.8, 4) is 0 Å². The van der Waals surface area contributed by atoms with Gasteiger partial charge in [-0.2, -0.15) is 0 Å². The lowest BCUT2D eigenvalue weighted by Gasteiger charge is -2.12. The molecular formula is C28H21BrFN3O3S. The fourth-order valence-electron chi connectivity index (χ4n) is 4.29. The van der Waals surface area contributed by atoms with Gasteiger partial charge in [0, 0.05) is 37.9 Å². The predicted molar refractivity (Wildman–Crippen MR) is 148 cm³/mol. The zero-order chi connectivity index (χ0) is 26.1. The van der Waals surface area contributed by atoms with Crippen LogP contribution in [0.25, 0.3) is 17.0 Å². The largest absolute Gasteiger partial charge is 0.340 e. The minimum atomic E-state index is -0.522. The Labute approximate surface area is 225 Å². The second-order valence-electron chi connectivity index (χ2n) is 8.52. The molecule has 0 spiro atoms. The van der Waals surface area contributed by atoms with E-state index in [2.05, 4.69) is 21.2 Å². The third-order valence-corrected chi connectivity index (χ3v) is 7.58. The lowest BCUT2D eigenvalue weighted by atomic mass is 10.1. The molecule has 9 heteroatoms. The second-order valence-corrected chi connectivity index (χ2v) is 10.4. The Morgan fingerprint density at radius 1 is 1.03 bits per heavy atom. The quantitative estimate of drug-likeness (QED) is 0.263. The first-order valence-corrected chi connectivity index (χ1v) is 13.0. The first-order chi connectivity index (χ1) is 17.8. The van der Waals surface area contributed by atoms with Gasteiger partial charge in [-0.25, -0.2) is 4.39 Å². The van der Waals surface area contributed by atoms with Crippen molar-refractivity contribution in [1.82, 2.24) is 9.47 Å². The number of nitrogens with one attached hydrogen (secondary N) is 1. The fourth-order valence-corrected chi connectivity index (χ4v) is 5.37. The molecule has 1 fully saturated rings. The number of carbonyl (C=O) groups is 3. The van der Waals surface area contributed by atoms with Gasteiger partial charge in [-0.05, 0) is 61.2 Å². The van der Waals surface area contributed by atoms with E-state index in [1.165, 1.54) is 6.07 Å². The summed E-state index contributed by atoms with van der Waals surface area (Å²) in [5.74, 6) is -1.28. The normalized spacial score (nSPS) is 14.7. The molecule has 2 heterocycles. The minimum absolute atomic E-state index is 0.235. The molecule has 1 aromatic heterocycles. The van der Waals surface area contributed by atoms with E-state index >= 15 is 0 Å². The summed E-state index contributed by atoms with van der Waals surface area (Å²) in [4.78, 5) is 39.4. The van der Waals surface area contributed by atoms with Crippen LogP contribution in [0.1, 0.15) is 16.8 Å². The zero-order valence-corrected chi connectivity index (χ0v) is 22.1. The van der Waals surface area contributed by atoms with Crippen molar-refractivity contribution < 1.29 is 18.8 Å². The fraction of sp³-hybridized carbons (Fsp3) is 0.107. The highest BCUT2D eigenvalue weighted by Gasteiger charge is 2.36. The molecule has 3 aromatic carbocycles. The first kappa shape index (κ1) is 25.0. The molecule has 0 saturated carbocycles. The topological polar surface area (TPSA) is 71.4 Å². The summed E-state index contributed by atoms with van der Waals surface area (Å²) in [5.41, 5.74) is 3.62. The highest BCUT2D eigenvalue weighted by molar-refractivity contribution is 9.10. The Bertz CT molecular complexity index is 1580. The number of hydrogen-bond acceptors (Lipinski definition) is 4. The van der Waals surface area contributed by atoms with Crippen molar-refractivity contribution in [2.24, 2.45) is 0 Å². The van der Waals surface area contributed by atoms with Gasteiger partial charge in [0.15, 0.2) is 0 Å². The van der Waals surface area contributed by atoms with E-state index in [4.69, 9.17) is 0 Å². The van der Waals surface area contributed by atoms with Gasteiger partial charge in [0.1, 0.15) is 12.4 Å². The molecule has 1 saturated heterocycles. The molecule has 1 aliphatic rings. The van der Waals surface area contributed by atoms with Gasteiger partial charge in [-0.3, -0.25) is 19.3 Å². The second kappa shape index (κ2) is 10.4. The van der Waals surface area contributed by atoms with Crippen LogP contribution >= 0.6 is 27.7 Å². The van der Waals surface area contributed by atoms with E-state index < -0.39 is 17.1 Å². The van der Waals surface area contributed by atoms with Crippen LogP contribution in [0.5, 0.6) is 0 Å². The van der Waals surface area contributed by atoms with Gasteiger partial charge in [-0.1, -0.05) is 52.3 Å². The summed E-state index contributed by atoms with van der Waals surface area (Å²) >= 11 is 4.14. The number of imide groups is 1. The Balaban J connectivity index is 1.42. The molecule has 0 atom stereocenters. The third-order valence-electron chi connectivity index (χ3n) is 6.14. The van der Waals surface area contributed by atoms with Crippen molar-refractivity contribution in [2.45, 2.75) is 13.5 Å². The lowest BCUT2D eigenvalue weighted by Crippen LogP contribution is -2.36. The van der Waals surface area contributed by atoms with E-state index in [9.17, 15) is 18.8 Å². The van der Waals surface area contributed by atoms with Gasteiger partial charge in [0.2, 0.25) is 5.91 Å². The SMILES string of the molecule is Cc1c(/C=C2\SC(=O)N(CC(=O)Nc3ccc(Br)cc3)C2=O)c2ccccc2n1Cc1ccccc1F. The third kappa shape index (κ3) is 5.10. The molecule has 4 aromatic rings. The van der Waals surface area contributed by atoms with Crippen molar-refractivity contribution in [3.63, 3.8) is 0 Å². The number of benzene rings is 3. The molecule has 0 bridgehead atoms. The molecule has 0 radical (unpaired) electrons. The first-order valence-electron chi connectivity index (χ1n) is 11.4. The van der Waals surface area contributed by atoms with Crippen LogP contribution in [0.15, 0.2) is 82.2 Å². The van der Waals surface area contributed by atoms with E-state index in [-0.39, 0.29) is 17.3 Å². The molecule has 3 amide bonds. The monoisotopic (exact) mass is 577 g/mol. The van der Waals surface area contributed by atoms with Gasteiger partial charge < -0.3 is 9.88 Å². The maximum Gasteiger partial charge on any atom is 0.294 e. The van der Waals surface area contributed by atoms with Crippen molar-refractivity contribution >= 4 is 67.4 Å². The van der Waals surface area contributed by atoms with Crippen LogP contribution in [-0.4, -0.2) is 33.1 Å². The van der Waals surface area contributed by atoms with Crippen LogP contribution in [0.4, 0.5) is 14.9 Å². The maximum absolute atomic E-state index is 14.4. The summed E-state index contributed by atoms with van der Waals surface area (Å²) in [6.07, 6.45) is 1.69. The zero-order valence-electron chi connectivity index (χ0n) is 19.7. The number of amides is 3. The number of thioether (sulfide) groups is 1. The summed E-state index contributed by atoms with van der Waals surface area (Å²) in [6, 6.07) is 21.3. The number of nitrogens with zero attached hydrogens (tertiary/aromatic N) is 2. The Hall–Kier alpha value is -3.69. The Morgan fingerprint density at radius 3 is 2.49 bits per heavy atom. The number of rotatable bonds is 6. The summed E-state index contributed by atoms with van der Waals surface area (Å²) in [5, 5.41) is 3.08. The maximum atomic E-state index is 14.4. The van der Waals surface area contributed by atoms with E-state index in [0.717, 1.165) is 43.3 Å². The Morgan fingerprint density at radius 2 is 1.73 bits per heavy atom. The van der Waals surface area contributed by atoms with Crippen molar-refractivity contribution in [2.75, 3.05) is 11.9 Å². The predicted octanol–water partition coefficient (Wildman–Crippen LogP) is 6.57. The van der Waals surface area contributed by atoms with Gasteiger partial charge in [-0.15, -0.1) is 0 Å². The number of halogens is 2. The van der Waals surface area contributed by atoms with E-state index in [0.29, 0.717) is 17.8 Å². The van der Waals surface area contributed by atoms with E-state index in [1.54, 1.807) is 48.5 Å². The number of para-hydroxylation sites is 1. The van der Waals surface area contributed by atoms with Gasteiger partial charge in [0.05, 0.1) is 11.4 Å². The average molecular weight is 578 g/mol. The molecule has 1 N–H and O–H groups in total. The molecule has 0 unspecified atom stereocenters. The molecule has 37 heavy (non-hydrogen) atoms. The highest BCUT2D eigenvalue weighted by atomic mass is 79.9. The lowest BCUT2D eigenvalue weighted by molar-refractivity contribution is -0.127. The number of fused-ring (bicyclic) bond motifs is 1. The van der Waals surface area contributed by atoms with Crippen LogP contribution in [0, 0.1) is 12.7 Å². The van der Waals surface area contributed by atoms with Crippen LogP contribution in [0.3, 0.4) is 0 Å². The number of aromatic nitrogens is 1. The summed E-state index contributed by atoms with van der Waals surface area (Å²) in [7, 11) is 0. The van der Waals surface area contributed by atoms with Crippen molar-refractivity contribution in [1.29, 1.82) is 0 Å². The average Bonchev–Trinajstić information content (AvgIpc) is 3.30. The molecule has 5 rings (SSSR count). The molecule has 6 nitrogen and oxygen atoms in total. The van der Waals surface area contributed by atoms with Crippen LogP contribution in [0.2, 0.25) is 0 Å². The smallest absolute Gasteiger partial charge is 0.294 e. The van der Waals surface area contributed by atoms with Crippen LogP contribution in [-0.2, 0) is 16.1 Å². The summed E-state index contributed by atoms with van der Waals surface area (Å²) in [6.45, 7) is 1.85. The molecule has 186 valence electrons. The number of anilines is 1. The van der Waals surface area contributed by atoms with E-state index in [1.807, 2.05) is 35.8 Å². The van der Waals surface area contributed by atoms with Gasteiger partial charge in [0.25, 0.3) is 11.1 Å². The standard InChI is InChI=1S/C28H21BrFN3O3S/c1-17-22(21-7-3-5-9-24(21)32(17)15-18-6-2-4-8-23(18)30)14-25-27(35)33(28(36)37-25)16-26(34)31-20-12-10-19(29)11-13-20/h2-14H,15-16H2,1H3,(H,31,34)/b25-14-. The van der Waals surface area contributed by atoms with Gasteiger partial charge >= 0.3 is 0 Å². The van der Waals surface area contributed by atoms with Crippen molar-refractivity contribution in [3.05, 3.63) is 105 Å². The molecule has 1 aliphatic heterocycles. The number of hydrogen-bond donors (Lipinski definition) is 1. The highest BCUT2D eigenvalue weighted by Crippen LogP contribution is 2.36. The van der Waals surface area contributed by atoms with Crippen LogP contribution < -0.4 is 5.32 Å². The Kier molecular flexibility index (Phi) is 6.99.